The summed E-state index contributed by atoms with van der Waals surface area (Å²) in [6, 6.07) is 1.54. The molecule has 0 bridgehead atoms. The molecule has 1 saturated carbocycles. The standard InChI is InChI=1S/C12H23NS/c1-9(10-4-6-14-7-5-10)13-11-8-12(11,2)3/h9-11,13H,4-8H2,1-3H3. The number of hydrogen-bond donors (Lipinski definition) is 1. The van der Waals surface area contributed by atoms with Crippen LogP contribution in [0.5, 0.6) is 0 Å². The minimum atomic E-state index is 0.581. The quantitative estimate of drug-likeness (QED) is 0.773. The molecule has 0 aromatic heterocycles. The van der Waals surface area contributed by atoms with E-state index in [0.29, 0.717) is 5.41 Å². The predicted octanol–water partition coefficient (Wildman–Crippen LogP) is 2.91. The second-order valence-corrected chi connectivity index (χ2v) is 6.88. The minimum absolute atomic E-state index is 0.581. The van der Waals surface area contributed by atoms with E-state index in [1.54, 1.807) is 0 Å². The highest BCUT2D eigenvalue weighted by Crippen LogP contribution is 2.45. The molecule has 2 unspecified atom stereocenters. The summed E-state index contributed by atoms with van der Waals surface area (Å²) in [6.07, 6.45) is 4.22. The van der Waals surface area contributed by atoms with Gasteiger partial charge in [-0.2, -0.15) is 11.8 Å². The fourth-order valence-electron chi connectivity index (χ4n) is 2.42. The molecule has 0 radical (unpaired) electrons. The summed E-state index contributed by atoms with van der Waals surface area (Å²) in [5.74, 6) is 3.70. The van der Waals surface area contributed by atoms with Gasteiger partial charge in [-0.3, -0.25) is 0 Å². The first-order valence-electron chi connectivity index (χ1n) is 5.93. The maximum Gasteiger partial charge on any atom is 0.0127 e. The van der Waals surface area contributed by atoms with Gasteiger partial charge in [0, 0.05) is 12.1 Å². The van der Waals surface area contributed by atoms with Gasteiger partial charge < -0.3 is 5.32 Å². The van der Waals surface area contributed by atoms with Crippen LogP contribution in [0, 0.1) is 11.3 Å². The van der Waals surface area contributed by atoms with E-state index in [1.807, 2.05) is 0 Å². The zero-order valence-electron chi connectivity index (χ0n) is 9.68. The SMILES string of the molecule is CC(NC1CC1(C)C)C1CCSCC1. The highest BCUT2D eigenvalue weighted by molar-refractivity contribution is 7.99. The summed E-state index contributed by atoms with van der Waals surface area (Å²) >= 11 is 2.12. The lowest BCUT2D eigenvalue weighted by Crippen LogP contribution is -2.38. The Kier molecular flexibility index (Phi) is 3.13. The molecule has 1 aliphatic heterocycles. The molecule has 2 rings (SSSR count). The van der Waals surface area contributed by atoms with Crippen LogP contribution in [0.2, 0.25) is 0 Å². The second kappa shape index (κ2) is 4.05. The molecule has 2 atom stereocenters. The Morgan fingerprint density at radius 1 is 1.29 bits per heavy atom. The molecule has 1 nitrogen and oxygen atoms in total. The van der Waals surface area contributed by atoms with E-state index in [4.69, 9.17) is 0 Å². The van der Waals surface area contributed by atoms with Gasteiger partial charge in [-0.25, -0.2) is 0 Å². The summed E-state index contributed by atoms with van der Waals surface area (Å²) < 4.78 is 0. The van der Waals surface area contributed by atoms with Gasteiger partial charge in [-0.05, 0) is 49.0 Å². The zero-order valence-corrected chi connectivity index (χ0v) is 10.5. The van der Waals surface area contributed by atoms with Crippen LogP contribution in [0.4, 0.5) is 0 Å². The van der Waals surface area contributed by atoms with Crippen LogP contribution in [-0.4, -0.2) is 23.6 Å². The molecule has 1 N–H and O–H groups in total. The Morgan fingerprint density at radius 3 is 2.36 bits per heavy atom. The van der Waals surface area contributed by atoms with E-state index in [0.717, 1.165) is 18.0 Å². The molecule has 2 fully saturated rings. The third-order valence-electron chi connectivity index (χ3n) is 3.95. The predicted molar refractivity (Wildman–Crippen MR) is 64.8 cm³/mol. The van der Waals surface area contributed by atoms with Crippen LogP contribution >= 0.6 is 11.8 Å². The van der Waals surface area contributed by atoms with Crippen molar-refractivity contribution in [2.24, 2.45) is 11.3 Å². The summed E-state index contributed by atoms with van der Waals surface area (Å²) in [4.78, 5) is 0. The number of nitrogens with one attached hydrogen (secondary N) is 1. The van der Waals surface area contributed by atoms with Gasteiger partial charge in [0.25, 0.3) is 0 Å². The van der Waals surface area contributed by atoms with Gasteiger partial charge >= 0.3 is 0 Å². The number of hydrogen-bond acceptors (Lipinski definition) is 2. The number of rotatable bonds is 3. The molecular formula is C12H23NS. The Balaban J connectivity index is 1.75. The summed E-state index contributed by atoms with van der Waals surface area (Å²) in [5, 5.41) is 3.80. The maximum absolute atomic E-state index is 3.80. The first-order valence-corrected chi connectivity index (χ1v) is 7.09. The Morgan fingerprint density at radius 2 is 1.86 bits per heavy atom. The van der Waals surface area contributed by atoms with Crippen molar-refractivity contribution < 1.29 is 0 Å². The normalized spacial score (nSPS) is 34.1. The average molecular weight is 213 g/mol. The van der Waals surface area contributed by atoms with Crippen LogP contribution in [-0.2, 0) is 0 Å². The lowest BCUT2D eigenvalue weighted by molar-refractivity contribution is 0.337. The third-order valence-corrected chi connectivity index (χ3v) is 5.00. The van der Waals surface area contributed by atoms with Crippen LogP contribution in [0.15, 0.2) is 0 Å². The van der Waals surface area contributed by atoms with Gasteiger partial charge in [0.05, 0.1) is 0 Å². The van der Waals surface area contributed by atoms with Gasteiger partial charge in [-0.15, -0.1) is 0 Å². The first kappa shape index (κ1) is 10.8. The molecule has 82 valence electrons. The van der Waals surface area contributed by atoms with Crippen molar-refractivity contribution in [1.82, 2.24) is 5.32 Å². The third kappa shape index (κ3) is 2.46. The smallest absolute Gasteiger partial charge is 0.0127 e. The Bertz CT molecular complexity index is 196. The molecular weight excluding hydrogens is 190 g/mol. The molecule has 14 heavy (non-hydrogen) atoms. The average Bonchev–Trinajstić information content (AvgIpc) is 2.75. The zero-order chi connectivity index (χ0) is 10.2. The molecule has 1 heterocycles. The summed E-state index contributed by atoms with van der Waals surface area (Å²) in [7, 11) is 0. The van der Waals surface area contributed by atoms with Crippen molar-refractivity contribution in [3.63, 3.8) is 0 Å². The highest BCUT2D eigenvalue weighted by atomic mass is 32.2. The van der Waals surface area contributed by atoms with E-state index in [-0.39, 0.29) is 0 Å². The maximum atomic E-state index is 3.80. The monoisotopic (exact) mass is 213 g/mol. The van der Waals surface area contributed by atoms with Crippen LogP contribution in [0.3, 0.4) is 0 Å². The molecule has 0 spiro atoms. The van der Waals surface area contributed by atoms with Crippen molar-refractivity contribution in [1.29, 1.82) is 0 Å². The Labute approximate surface area is 92.4 Å². The van der Waals surface area contributed by atoms with E-state index in [2.05, 4.69) is 37.8 Å². The first-order chi connectivity index (χ1) is 6.59. The van der Waals surface area contributed by atoms with E-state index < -0.39 is 0 Å². The largest absolute Gasteiger partial charge is 0.311 e. The van der Waals surface area contributed by atoms with E-state index >= 15 is 0 Å². The second-order valence-electron chi connectivity index (χ2n) is 5.65. The number of thioether (sulfide) groups is 1. The molecule has 0 amide bonds. The molecule has 1 saturated heterocycles. The van der Waals surface area contributed by atoms with Crippen LogP contribution in [0.25, 0.3) is 0 Å². The van der Waals surface area contributed by atoms with Crippen molar-refractivity contribution in [3.05, 3.63) is 0 Å². The van der Waals surface area contributed by atoms with Gasteiger partial charge in [0.1, 0.15) is 0 Å². The summed E-state index contributed by atoms with van der Waals surface area (Å²) in [5.41, 5.74) is 0.581. The van der Waals surface area contributed by atoms with E-state index in [9.17, 15) is 0 Å². The molecule has 0 aromatic carbocycles. The van der Waals surface area contributed by atoms with Crippen molar-refractivity contribution in [2.75, 3.05) is 11.5 Å². The lowest BCUT2D eigenvalue weighted by Gasteiger charge is -2.28. The van der Waals surface area contributed by atoms with Crippen LogP contribution < -0.4 is 5.32 Å². The molecule has 0 aromatic rings. The van der Waals surface area contributed by atoms with Crippen molar-refractivity contribution in [2.45, 2.75) is 52.1 Å². The van der Waals surface area contributed by atoms with Gasteiger partial charge in [0.15, 0.2) is 0 Å². The minimum Gasteiger partial charge on any atom is -0.311 e. The summed E-state index contributed by atoms with van der Waals surface area (Å²) in [6.45, 7) is 7.12. The Hall–Kier alpha value is 0.310. The van der Waals surface area contributed by atoms with Gasteiger partial charge in [-0.1, -0.05) is 13.8 Å². The van der Waals surface area contributed by atoms with Crippen molar-refractivity contribution in [3.8, 4) is 0 Å². The topological polar surface area (TPSA) is 12.0 Å². The fourth-order valence-corrected chi connectivity index (χ4v) is 3.56. The fraction of sp³-hybridized carbons (Fsp3) is 1.00. The van der Waals surface area contributed by atoms with Crippen LogP contribution in [0.1, 0.15) is 40.0 Å². The van der Waals surface area contributed by atoms with Gasteiger partial charge in [0.2, 0.25) is 0 Å². The van der Waals surface area contributed by atoms with Crippen molar-refractivity contribution >= 4 is 11.8 Å². The molecule has 2 heteroatoms. The highest BCUT2D eigenvalue weighted by Gasteiger charge is 2.46. The molecule has 1 aliphatic carbocycles. The van der Waals surface area contributed by atoms with E-state index in [1.165, 1.54) is 30.8 Å². The molecule has 2 aliphatic rings. The lowest BCUT2D eigenvalue weighted by atomic mass is 9.94.